The maximum atomic E-state index is 12.9. The molecule has 2 aromatic carbocycles. The van der Waals surface area contributed by atoms with Crippen LogP contribution in [-0.2, 0) is 10.5 Å². The van der Waals surface area contributed by atoms with E-state index in [1.807, 2.05) is 24.3 Å². The molecule has 1 aromatic heterocycles. The van der Waals surface area contributed by atoms with Crippen LogP contribution in [0.2, 0.25) is 0 Å². The molecule has 1 N–H and O–H groups in total. The molecule has 0 unspecified atom stereocenters. The number of hydrogen-bond donors (Lipinski definition) is 1. The van der Waals surface area contributed by atoms with Crippen LogP contribution in [0.1, 0.15) is 5.56 Å². The van der Waals surface area contributed by atoms with Crippen LogP contribution in [0.25, 0.3) is 0 Å². The number of benzene rings is 2. The molecular weight excluding hydrogens is 488 g/mol. The SMILES string of the molecule is O=C(COc1ccc(I)cc1)Nc1nnc(SCc2ccc(F)cc2)s1. The summed E-state index contributed by atoms with van der Waals surface area (Å²) >= 11 is 4.96. The number of hydrogen-bond acceptors (Lipinski definition) is 6. The molecule has 1 amide bonds. The number of carbonyl (C=O) groups is 1. The maximum absolute atomic E-state index is 12.9. The molecule has 134 valence electrons. The first-order chi connectivity index (χ1) is 12.6. The summed E-state index contributed by atoms with van der Waals surface area (Å²) in [7, 11) is 0. The molecular formula is C17H13FIN3O2S2. The second-order valence-corrected chi connectivity index (χ2v) is 8.52. The van der Waals surface area contributed by atoms with E-state index in [0.717, 1.165) is 13.5 Å². The predicted octanol–water partition coefficient (Wildman–Crippen LogP) is 4.59. The molecule has 0 fully saturated rings. The fraction of sp³-hybridized carbons (Fsp3) is 0.118. The topological polar surface area (TPSA) is 64.1 Å². The lowest BCUT2D eigenvalue weighted by atomic mass is 10.2. The van der Waals surface area contributed by atoms with E-state index < -0.39 is 0 Å². The number of halogens is 2. The first-order valence-corrected chi connectivity index (χ1v) is 10.4. The van der Waals surface area contributed by atoms with Crippen molar-refractivity contribution < 1.29 is 13.9 Å². The number of aromatic nitrogens is 2. The molecule has 1 heterocycles. The lowest BCUT2D eigenvalue weighted by Crippen LogP contribution is -2.20. The highest BCUT2D eigenvalue weighted by molar-refractivity contribution is 14.1. The Morgan fingerprint density at radius 1 is 1.15 bits per heavy atom. The van der Waals surface area contributed by atoms with Crippen molar-refractivity contribution in [3.05, 3.63) is 63.5 Å². The van der Waals surface area contributed by atoms with E-state index in [2.05, 4.69) is 38.1 Å². The lowest BCUT2D eigenvalue weighted by molar-refractivity contribution is -0.118. The molecule has 0 bridgehead atoms. The molecule has 26 heavy (non-hydrogen) atoms. The molecule has 0 saturated heterocycles. The highest BCUT2D eigenvalue weighted by Gasteiger charge is 2.10. The first kappa shape index (κ1) is 19.1. The van der Waals surface area contributed by atoms with Crippen LogP contribution in [-0.4, -0.2) is 22.7 Å². The van der Waals surface area contributed by atoms with Gasteiger partial charge in [0.1, 0.15) is 11.6 Å². The quantitative estimate of drug-likeness (QED) is 0.292. The number of anilines is 1. The Kier molecular flexibility index (Phi) is 6.80. The molecule has 0 atom stereocenters. The summed E-state index contributed by atoms with van der Waals surface area (Å²) in [6.07, 6.45) is 0. The van der Waals surface area contributed by atoms with Crippen molar-refractivity contribution in [2.24, 2.45) is 0 Å². The largest absolute Gasteiger partial charge is 0.484 e. The van der Waals surface area contributed by atoms with E-state index in [4.69, 9.17) is 4.74 Å². The predicted molar refractivity (Wildman–Crippen MR) is 109 cm³/mol. The van der Waals surface area contributed by atoms with Gasteiger partial charge in [0.25, 0.3) is 5.91 Å². The average Bonchev–Trinajstić information content (AvgIpc) is 3.08. The third kappa shape index (κ3) is 5.92. The third-order valence-electron chi connectivity index (χ3n) is 3.11. The molecule has 3 rings (SSSR count). The van der Waals surface area contributed by atoms with Gasteiger partial charge < -0.3 is 4.74 Å². The Balaban J connectivity index is 1.45. The van der Waals surface area contributed by atoms with Gasteiger partial charge in [-0.3, -0.25) is 10.1 Å². The minimum atomic E-state index is -0.296. The maximum Gasteiger partial charge on any atom is 0.264 e. The van der Waals surface area contributed by atoms with E-state index >= 15 is 0 Å². The standard InChI is InChI=1S/C17H13FIN3O2S2/c18-12-3-1-11(2-4-12)10-25-17-22-21-16(26-17)20-15(23)9-24-14-7-5-13(19)6-8-14/h1-8H,9-10H2,(H,20,21,23). The number of ether oxygens (including phenoxy) is 1. The zero-order valence-corrected chi connectivity index (χ0v) is 17.1. The summed E-state index contributed by atoms with van der Waals surface area (Å²) in [6.45, 7) is -0.0990. The van der Waals surface area contributed by atoms with Crippen LogP contribution >= 0.6 is 45.7 Å². The molecule has 5 nitrogen and oxygen atoms in total. The minimum Gasteiger partial charge on any atom is -0.484 e. The fourth-order valence-electron chi connectivity index (χ4n) is 1.88. The van der Waals surface area contributed by atoms with E-state index in [9.17, 15) is 9.18 Å². The van der Waals surface area contributed by atoms with Crippen LogP contribution in [0, 0.1) is 9.39 Å². The minimum absolute atomic E-state index is 0.0990. The summed E-state index contributed by atoms with van der Waals surface area (Å²) in [6, 6.07) is 13.7. The van der Waals surface area contributed by atoms with Gasteiger partial charge in [-0.1, -0.05) is 35.2 Å². The van der Waals surface area contributed by atoms with Gasteiger partial charge in [-0.2, -0.15) is 0 Å². The molecule has 0 radical (unpaired) electrons. The Hall–Kier alpha value is -1.72. The summed E-state index contributed by atoms with van der Waals surface area (Å²) < 4.78 is 20.1. The van der Waals surface area contributed by atoms with Crippen molar-refractivity contribution in [1.82, 2.24) is 10.2 Å². The Labute approximate surface area is 171 Å². The molecule has 3 aromatic rings. The van der Waals surface area contributed by atoms with Gasteiger partial charge in [-0.05, 0) is 64.6 Å². The Morgan fingerprint density at radius 3 is 2.62 bits per heavy atom. The summed E-state index contributed by atoms with van der Waals surface area (Å²) in [5, 5.41) is 11.1. The van der Waals surface area contributed by atoms with Crippen molar-refractivity contribution in [3.8, 4) is 5.75 Å². The average molecular weight is 501 g/mol. The van der Waals surface area contributed by atoms with Crippen LogP contribution in [0.15, 0.2) is 52.9 Å². The fourth-order valence-corrected chi connectivity index (χ4v) is 3.96. The summed E-state index contributed by atoms with van der Waals surface area (Å²) in [5.41, 5.74) is 0.989. The highest BCUT2D eigenvalue weighted by atomic mass is 127. The van der Waals surface area contributed by atoms with E-state index in [1.54, 1.807) is 12.1 Å². The number of carbonyl (C=O) groups excluding carboxylic acids is 1. The van der Waals surface area contributed by atoms with Crippen molar-refractivity contribution in [3.63, 3.8) is 0 Å². The number of nitrogens with one attached hydrogen (secondary N) is 1. The van der Waals surface area contributed by atoms with Gasteiger partial charge in [-0.15, -0.1) is 10.2 Å². The summed E-state index contributed by atoms with van der Waals surface area (Å²) in [4.78, 5) is 11.9. The second kappa shape index (κ2) is 9.28. The van der Waals surface area contributed by atoms with Gasteiger partial charge in [0.15, 0.2) is 10.9 Å². The lowest BCUT2D eigenvalue weighted by Gasteiger charge is -2.05. The number of thioether (sulfide) groups is 1. The zero-order valence-electron chi connectivity index (χ0n) is 13.3. The molecule has 0 spiro atoms. The zero-order chi connectivity index (χ0) is 18.4. The molecule has 0 aliphatic rings. The van der Waals surface area contributed by atoms with Gasteiger partial charge >= 0.3 is 0 Å². The number of amides is 1. The van der Waals surface area contributed by atoms with E-state index in [1.165, 1.54) is 35.2 Å². The Morgan fingerprint density at radius 2 is 1.88 bits per heavy atom. The van der Waals surface area contributed by atoms with Crippen LogP contribution in [0.3, 0.4) is 0 Å². The first-order valence-electron chi connectivity index (χ1n) is 7.47. The van der Waals surface area contributed by atoms with Crippen molar-refractivity contribution >= 4 is 56.7 Å². The van der Waals surface area contributed by atoms with Gasteiger partial charge in [0.2, 0.25) is 5.13 Å². The molecule has 0 aliphatic carbocycles. The third-order valence-corrected chi connectivity index (χ3v) is 5.87. The van der Waals surface area contributed by atoms with Crippen molar-refractivity contribution in [2.75, 3.05) is 11.9 Å². The molecule has 0 saturated carbocycles. The van der Waals surface area contributed by atoms with Gasteiger partial charge in [-0.25, -0.2) is 4.39 Å². The van der Waals surface area contributed by atoms with Crippen LogP contribution < -0.4 is 10.1 Å². The van der Waals surface area contributed by atoms with Gasteiger partial charge in [0.05, 0.1) is 0 Å². The van der Waals surface area contributed by atoms with Gasteiger partial charge in [0, 0.05) is 9.32 Å². The Bertz CT molecular complexity index is 872. The smallest absolute Gasteiger partial charge is 0.264 e. The highest BCUT2D eigenvalue weighted by Crippen LogP contribution is 2.28. The number of rotatable bonds is 7. The van der Waals surface area contributed by atoms with Crippen molar-refractivity contribution in [2.45, 2.75) is 10.1 Å². The van der Waals surface area contributed by atoms with Crippen molar-refractivity contribution in [1.29, 1.82) is 0 Å². The van der Waals surface area contributed by atoms with Crippen LogP contribution in [0.5, 0.6) is 5.75 Å². The van der Waals surface area contributed by atoms with Crippen LogP contribution in [0.4, 0.5) is 9.52 Å². The molecule has 9 heteroatoms. The monoisotopic (exact) mass is 501 g/mol. The van der Waals surface area contributed by atoms with E-state index in [-0.39, 0.29) is 18.3 Å². The normalized spacial score (nSPS) is 10.5. The second-order valence-electron chi connectivity index (χ2n) is 5.08. The number of nitrogens with zero attached hydrogens (tertiary/aromatic N) is 2. The summed E-state index contributed by atoms with van der Waals surface area (Å²) in [5.74, 6) is 0.731. The van der Waals surface area contributed by atoms with E-state index in [0.29, 0.717) is 16.6 Å². The molecule has 0 aliphatic heterocycles.